The Morgan fingerprint density at radius 3 is 2.53 bits per heavy atom. The highest BCUT2D eigenvalue weighted by Crippen LogP contribution is 2.27. The molecule has 0 aliphatic carbocycles. The van der Waals surface area contributed by atoms with Crippen LogP contribution in [0.15, 0.2) is 24.3 Å². The summed E-state index contributed by atoms with van der Waals surface area (Å²) in [6.45, 7) is 3.45. The SMILES string of the molecule is COc1ccc(-n2nc(C)c(N)c2NC(C)O)cc1. The van der Waals surface area contributed by atoms with E-state index in [9.17, 15) is 5.11 Å². The van der Waals surface area contributed by atoms with E-state index in [-0.39, 0.29) is 0 Å². The van der Waals surface area contributed by atoms with E-state index in [1.54, 1.807) is 18.7 Å². The molecule has 2 aromatic rings. The predicted molar refractivity (Wildman–Crippen MR) is 74.6 cm³/mol. The van der Waals surface area contributed by atoms with Gasteiger partial charge in [0.15, 0.2) is 5.82 Å². The number of aromatic nitrogens is 2. The van der Waals surface area contributed by atoms with E-state index in [1.807, 2.05) is 31.2 Å². The van der Waals surface area contributed by atoms with E-state index < -0.39 is 6.23 Å². The largest absolute Gasteiger partial charge is 0.497 e. The summed E-state index contributed by atoms with van der Waals surface area (Å²) < 4.78 is 6.78. The van der Waals surface area contributed by atoms with Crippen molar-refractivity contribution in [3.8, 4) is 11.4 Å². The maximum Gasteiger partial charge on any atom is 0.155 e. The molecule has 6 heteroatoms. The summed E-state index contributed by atoms with van der Waals surface area (Å²) in [4.78, 5) is 0. The summed E-state index contributed by atoms with van der Waals surface area (Å²) in [5.41, 5.74) is 8.03. The number of benzene rings is 1. The van der Waals surface area contributed by atoms with Crippen molar-refractivity contribution in [1.82, 2.24) is 9.78 Å². The molecule has 0 bridgehead atoms. The molecule has 0 aliphatic rings. The number of nitrogens with two attached hydrogens (primary N) is 1. The van der Waals surface area contributed by atoms with Gasteiger partial charge in [-0.2, -0.15) is 5.10 Å². The lowest BCUT2D eigenvalue weighted by molar-refractivity contribution is 0.223. The number of hydrogen-bond donors (Lipinski definition) is 3. The first kappa shape index (κ1) is 13.2. The number of nitrogen functional groups attached to an aromatic ring is 1. The van der Waals surface area contributed by atoms with Crippen LogP contribution in [-0.2, 0) is 0 Å². The fourth-order valence-electron chi connectivity index (χ4n) is 1.79. The average molecular weight is 262 g/mol. The summed E-state index contributed by atoms with van der Waals surface area (Å²) >= 11 is 0. The number of nitrogens with one attached hydrogen (secondary N) is 1. The van der Waals surface area contributed by atoms with Crippen LogP contribution < -0.4 is 15.8 Å². The number of rotatable bonds is 4. The predicted octanol–water partition coefficient (Wildman–Crippen LogP) is 1.52. The number of aliphatic hydroxyl groups excluding tert-OH is 1. The Bertz CT molecular complexity index is 561. The van der Waals surface area contributed by atoms with Crippen molar-refractivity contribution in [2.24, 2.45) is 0 Å². The van der Waals surface area contributed by atoms with E-state index in [2.05, 4.69) is 10.4 Å². The lowest BCUT2D eigenvalue weighted by Gasteiger charge is -2.13. The van der Waals surface area contributed by atoms with Crippen molar-refractivity contribution in [2.45, 2.75) is 20.1 Å². The van der Waals surface area contributed by atoms with Gasteiger partial charge in [-0.25, -0.2) is 4.68 Å². The van der Waals surface area contributed by atoms with Crippen LogP contribution in [0, 0.1) is 6.92 Å². The van der Waals surface area contributed by atoms with E-state index >= 15 is 0 Å². The second kappa shape index (κ2) is 5.19. The van der Waals surface area contributed by atoms with Crippen molar-refractivity contribution < 1.29 is 9.84 Å². The topological polar surface area (TPSA) is 85.3 Å². The molecule has 1 aromatic carbocycles. The van der Waals surface area contributed by atoms with Crippen molar-refractivity contribution in [3.63, 3.8) is 0 Å². The Morgan fingerprint density at radius 2 is 2.00 bits per heavy atom. The number of aliphatic hydroxyl groups is 1. The van der Waals surface area contributed by atoms with Gasteiger partial charge in [-0.05, 0) is 38.1 Å². The first-order chi connectivity index (χ1) is 9.02. The zero-order chi connectivity index (χ0) is 14.0. The number of anilines is 2. The van der Waals surface area contributed by atoms with E-state index in [4.69, 9.17) is 10.5 Å². The van der Waals surface area contributed by atoms with Gasteiger partial charge in [0, 0.05) is 0 Å². The summed E-state index contributed by atoms with van der Waals surface area (Å²) in [6.07, 6.45) is -0.713. The minimum atomic E-state index is -0.713. The van der Waals surface area contributed by atoms with E-state index in [1.165, 1.54) is 0 Å². The molecule has 6 nitrogen and oxygen atoms in total. The summed E-state index contributed by atoms with van der Waals surface area (Å²) in [7, 11) is 1.62. The molecule has 0 aliphatic heterocycles. The summed E-state index contributed by atoms with van der Waals surface area (Å²) in [5, 5.41) is 16.7. The molecule has 0 fully saturated rings. The van der Waals surface area contributed by atoms with E-state index in [0.29, 0.717) is 17.2 Å². The smallest absolute Gasteiger partial charge is 0.155 e. The van der Waals surface area contributed by atoms with Crippen molar-refractivity contribution >= 4 is 11.5 Å². The fraction of sp³-hybridized carbons (Fsp3) is 0.308. The standard InChI is InChI=1S/C13H18N4O2/c1-8-12(14)13(15-9(2)18)17(16-8)10-4-6-11(19-3)7-5-10/h4-7,9,15,18H,14H2,1-3H3. The second-order valence-corrected chi connectivity index (χ2v) is 4.28. The molecule has 19 heavy (non-hydrogen) atoms. The van der Waals surface area contributed by atoms with Gasteiger partial charge in [0.05, 0.1) is 24.2 Å². The third-order valence-corrected chi connectivity index (χ3v) is 2.77. The molecule has 0 spiro atoms. The first-order valence-corrected chi connectivity index (χ1v) is 5.97. The average Bonchev–Trinajstić information content (AvgIpc) is 2.67. The number of ether oxygens (including phenoxy) is 1. The van der Waals surface area contributed by atoms with Gasteiger partial charge in [0.2, 0.25) is 0 Å². The molecule has 1 heterocycles. The van der Waals surface area contributed by atoms with Crippen LogP contribution in [0.1, 0.15) is 12.6 Å². The molecule has 1 unspecified atom stereocenters. The molecule has 0 radical (unpaired) electrons. The van der Waals surface area contributed by atoms with Gasteiger partial charge in [-0.3, -0.25) is 0 Å². The van der Waals surface area contributed by atoms with Gasteiger partial charge >= 0.3 is 0 Å². The highest BCUT2D eigenvalue weighted by atomic mass is 16.5. The van der Waals surface area contributed by atoms with Crippen molar-refractivity contribution in [2.75, 3.05) is 18.2 Å². The van der Waals surface area contributed by atoms with Crippen LogP contribution >= 0.6 is 0 Å². The maximum absolute atomic E-state index is 9.47. The van der Waals surface area contributed by atoms with Crippen molar-refractivity contribution in [1.29, 1.82) is 0 Å². The molecule has 0 amide bonds. The van der Waals surface area contributed by atoms with Crippen LogP contribution in [0.5, 0.6) is 5.75 Å². The molecular formula is C13H18N4O2. The maximum atomic E-state index is 9.47. The molecule has 0 saturated carbocycles. The second-order valence-electron chi connectivity index (χ2n) is 4.28. The van der Waals surface area contributed by atoms with Gasteiger partial charge < -0.3 is 20.9 Å². The van der Waals surface area contributed by atoms with E-state index in [0.717, 1.165) is 11.4 Å². The zero-order valence-electron chi connectivity index (χ0n) is 11.2. The first-order valence-electron chi connectivity index (χ1n) is 5.97. The number of hydrogen-bond acceptors (Lipinski definition) is 5. The Kier molecular flexibility index (Phi) is 3.62. The Morgan fingerprint density at radius 1 is 1.37 bits per heavy atom. The zero-order valence-corrected chi connectivity index (χ0v) is 11.2. The minimum Gasteiger partial charge on any atom is -0.497 e. The minimum absolute atomic E-state index is 0.525. The van der Waals surface area contributed by atoms with Gasteiger partial charge in [-0.15, -0.1) is 0 Å². The van der Waals surface area contributed by atoms with Crippen LogP contribution in [0.4, 0.5) is 11.5 Å². The number of methoxy groups -OCH3 is 1. The van der Waals surface area contributed by atoms with Crippen molar-refractivity contribution in [3.05, 3.63) is 30.0 Å². The Balaban J connectivity index is 2.45. The Hall–Kier alpha value is -2.21. The molecule has 4 N–H and O–H groups in total. The van der Waals surface area contributed by atoms with Crippen LogP contribution in [-0.4, -0.2) is 28.2 Å². The third-order valence-electron chi connectivity index (χ3n) is 2.77. The molecule has 1 atom stereocenters. The molecule has 102 valence electrons. The van der Waals surface area contributed by atoms with Crippen LogP contribution in [0.3, 0.4) is 0 Å². The quantitative estimate of drug-likeness (QED) is 0.727. The van der Waals surface area contributed by atoms with Crippen LogP contribution in [0.25, 0.3) is 5.69 Å². The normalized spacial score (nSPS) is 12.2. The lowest BCUT2D eigenvalue weighted by atomic mass is 10.3. The third kappa shape index (κ3) is 2.63. The highest BCUT2D eigenvalue weighted by molar-refractivity contribution is 5.67. The fourth-order valence-corrected chi connectivity index (χ4v) is 1.79. The summed E-state index contributed by atoms with van der Waals surface area (Å²) in [6, 6.07) is 7.43. The van der Waals surface area contributed by atoms with Gasteiger partial charge in [0.1, 0.15) is 12.0 Å². The molecule has 2 rings (SSSR count). The monoisotopic (exact) mass is 262 g/mol. The van der Waals surface area contributed by atoms with Crippen LogP contribution in [0.2, 0.25) is 0 Å². The molecule has 0 saturated heterocycles. The number of nitrogens with zero attached hydrogens (tertiary/aromatic N) is 2. The van der Waals surface area contributed by atoms with Gasteiger partial charge in [-0.1, -0.05) is 0 Å². The molecular weight excluding hydrogens is 244 g/mol. The lowest BCUT2D eigenvalue weighted by Crippen LogP contribution is -2.17. The Labute approximate surface area is 111 Å². The molecule has 1 aromatic heterocycles. The van der Waals surface area contributed by atoms with Gasteiger partial charge in [0.25, 0.3) is 0 Å². The summed E-state index contributed by atoms with van der Waals surface area (Å²) in [5.74, 6) is 1.35. The highest BCUT2D eigenvalue weighted by Gasteiger charge is 2.15. The number of aryl methyl sites for hydroxylation is 1.